The Bertz CT molecular complexity index is 779. The van der Waals surface area contributed by atoms with Crippen molar-refractivity contribution in [2.45, 2.75) is 20.4 Å². The molecule has 0 bridgehead atoms. The maximum atomic E-state index is 4.62. The number of aromatic nitrogens is 1. The molecule has 1 N–H and O–H groups in total. The molecule has 0 amide bonds. The van der Waals surface area contributed by atoms with Gasteiger partial charge in [-0.1, -0.05) is 42.0 Å². The van der Waals surface area contributed by atoms with Crippen molar-refractivity contribution in [3.05, 3.63) is 69.8 Å². The van der Waals surface area contributed by atoms with E-state index in [0.29, 0.717) is 0 Å². The van der Waals surface area contributed by atoms with Crippen LogP contribution in [-0.4, -0.2) is 4.98 Å². The van der Waals surface area contributed by atoms with E-state index in [1.54, 1.807) is 0 Å². The van der Waals surface area contributed by atoms with Gasteiger partial charge in [-0.15, -0.1) is 0 Å². The summed E-state index contributed by atoms with van der Waals surface area (Å²) in [5.74, 6) is 0. The normalized spacial score (nSPS) is 10.8. The number of pyridine rings is 1. The summed E-state index contributed by atoms with van der Waals surface area (Å²) >= 11 is 3.58. The van der Waals surface area contributed by atoms with E-state index in [4.69, 9.17) is 0 Å². The van der Waals surface area contributed by atoms with Gasteiger partial charge in [0.15, 0.2) is 0 Å². The van der Waals surface area contributed by atoms with Crippen LogP contribution in [0.4, 0.5) is 5.69 Å². The van der Waals surface area contributed by atoms with Crippen LogP contribution in [0.15, 0.2) is 53.0 Å². The van der Waals surface area contributed by atoms with Crippen LogP contribution in [0.3, 0.4) is 0 Å². The van der Waals surface area contributed by atoms with Gasteiger partial charge in [0.05, 0.1) is 5.52 Å². The maximum absolute atomic E-state index is 4.62. The van der Waals surface area contributed by atoms with Crippen molar-refractivity contribution in [2.24, 2.45) is 0 Å². The van der Waals surface area contributed by atoms with E-state index in [-0.39, 0.29) is 0 Å². The van der Waals surface area contributed by atoms with Crippen LogP contribution >= 0.6 is 15.9 Å². The number of nitrogens with zero attached hydrogens (tertiary/aromatic N) is 1. The first-order valence-corrected chi connectivity index (χ1v) is 7.78. The van der Waals surface area contributed by atoms with Crippen molar-refractivity contribution in [2.75, 3.05) is 5.32 Å². The zero-order valence-electron chi connectivity index (χ0n) is 12.2. The molecule has 0 spiro atoms. The smallest absolute Gasteiger partial charge is 0.0867 e. The summed E-state index contributed by atoms with van der Waals surface area (Å²) in [5, 5.41) is 4.67. The second kappa shape index (κ2) is 5.86. The summed E-state index contributed by atoms with van der Waals surface area (Å²) in [4.78, 5) is 4.62. The Balaban J connectivity index is 1.93. The molecule has 0 saturated heterocycles. The Morgan fingerprint density at radius 2 is 1.81 bits per heavy atom. The van der Waals surface area contributed by atoms with E-state index in [9.17, 15) is 0 Å². The summed E-state index contributed by atoms with van der Waals surface area (Å²) in [7, 11) is 0. The van der Waals surface area contributed by atoms with E-state index in [1.807, 2.05) is 19.1 Å². The first kappa shape index (κ1) is 14.1. The summed E-state index contributed by atoms with van der Waals surface area (Å²) in [6, 6.07) is 16.9. The highest BCUT2D eigenvalue weighted by atomic mass is 79.9. The fourth-order valence-electron chi connectivity index (χ4n) is 2.39. The van der Waals surface area contributed by atoms with Crippen LogP contribution in [0.2, 0.25) is 0 Å². The van der Waals surface area contributed by atoms with Crippen LogP contribution in [0.5, 0.6) is 0 Å². The molecule has 21 heavy (non-hydrogen) atoms. The van der Waals surface area contributed by atoms with Crippen LogP contribution < -0.4 is 5.32 Å². The third-order valence-electron chi connectivity index (χ3n) is 3.52. The summed E-state index contributed by atoms with van der Waals surface area (Å²) < 4.78 is 1.03. The fourth-order valence-corrected chi connectivity index (χ4v) is 2.85. The van der Waals surface area contributed by atoms with Crippen molar-refractivity contribution in [3.63, 3.8) is 0 Å². The third kappa shape index (κ3) is 3.08. The second-order valence-electron chi connectivity index (χ2n) is 5.29. The molecule has 0 fully saturated rings. The van der Waals surface area contributed by atoms with Crippen LogP contribution in [-0.2, 0) is 6.54 Å². The molecule has 2 nitrogen and oxygen atoms in total. The molecule has 1 heterocycles. The lowest BCUT2D eigenvalue weighted by Crippen LogP contribution is -2.01. The standard InChI is InChI=1S/C18H17BrN2/c1-12-6-8-14(9-7-12)11-20-17-10-13(2)21-18-15(17)4-3-5-16(18)19/h3-10H,11H2,1-2H3,(H,20,21). The molecule has 0 aliphatic heterocycles. The number of rotatable bonds is 3. The van der Waals surface area contributed by atoms with Crippen LogP contribution in [0.1, 0.15) is 16.8 Å². The monoisotopic (exact) mass is 340 g/mol. The number of fused-ring (bicyclic) bond motifs is 1. The van der Waals surface area contributed by atoms with Gasteiger partial charge in [0, 0.05) is 27.8 Å². The van der Waals surface area contributed by atoms with Gasteiger partial charge in [0.1, 0.15) is 0 Å². The largest absolute Gasteiger partial charge is 0.380 e. The highest BCUT2D eigenvalue weighted by molar-refractivity contribution is 9.10. The van der Waals surface area contributed by atoms with Crippen molar-refractivity contribution in [3.8, 4) is 0 Å². The molecule has 3 heteroatoms. The predicted octanol–water partition coefficient (Wildman–Crippen LogP) is 5.23. The zero-order valence-corrected chi connectivity index (χ0v) is 13.7. The zero-order chi connectivity index (χ0) is 14.8. The average molecular weight is 341 g/mol. The molecule has 0 aliphatic rings. The average Bonchev–Trinajstić information content (AvgIpc) is 2.47. The second-order valence-corrected chi connectivity index (χ2v) is 6.14. The predicted molar refractivity (Wildman–Crippen MR) is 92.7 cm³/mol. The first-order valence-electron chi connectivity index (χ1n) is 6.99. The van der Waals surface area contributed by atoms with Gasteiger partial charge in [0.2, 0.25) is 0 Å². The lowest BCUT2D eigenvalue weighted by molar-refractivity contribution is 1.14. The lowest BCUT2D eigenvalue weighted by Gasteiger charge is -2.12. The number of anilines is 1. The molecule has 3 rings (SSSR count). The molecule has 0 radical (unpaired) electrons. The Morgan fingerprint density at radius 3 is 2.57 bits per heavy atom. The van der Waals surface area contributed by atoms with Gasteiger partial charge in [-0.05, 0) is 47.5 Å². The number of halogens is 1. The first-order chi connectivity index (χ1) is 10.1. The number of nitrogens with one attached hydrogen (secondary N) is 1. The van der Waals surface area contributed by atoms with Gasteiger partial charge in [-0.2, -0.15) is 0 Å². The fraction of sp³-hybridized carbons (Fsp3) is 0.167. The van der Waals surface area contributed by atoms with E-state index < -0.39 is 0 Å². The Morgan fingerprint density at radius 1 is 1.05 bits per heavy atom. The quantitative estimate of drug-likeness (QED) is 0.706. The maximum Gasteiger partial charge on any atom is 0.0867 e. The number of benzene rings is 2. The SMILES string of the molecule is Cc1ccc(CNc2cc(C)nc3c(Br)cccc23)cc1. The summed E-state index contributed by atoms with van der Waals surface area (Å²) in [6.45, 7) is 4.94. The Labute approximate surface area is 133 Å². The number of aryl methyl sites for hydroxylation is 2. The molecular formula is C18H17BrN2. The summed E-state index contributed by atoms with van der Waals surface area (Å²) in [5.41, 5.74) is 5.70. The molecule has 0 aliphatic carbocycles. The highest BCUT2D eigenvalue weighted by Crippen LogP contribution is 2.28. The van der Waals surface area contributed by atoms with Gasteiger partial charge < -0.3 is 5.32 Å². The molecule has 106 valence electrons. The van der Waals surface area contributed by atoms with Crippen LogP contribution in [0.25, 0.3) is 10.9 Å². The van der Waals surface area contributed by atoms with E-state index in [2.05, 4.69) is 69.6 Å². The van der Waals surface area contributed by atoms with Crippen LogP contribution in [0, 0.1) is 13.8 Å². The van der Waals surface area contributed by atoms with Crippen molar-refractivity contribution >= 4 is 32.5 Å². The molecule has 1 aromatic heterocycles. The minimum absolute atomic E-state index is 0.811. The topological polar surface area (TPSA) is 24.9 Å². The van der Waals surface area contributed by atoms with E-state index in [0.717, 1.165) is 33.3 Å². The molecule has 2 aromatic carbocycles. The van der Waals surface area contributed by atoms with Crippen molar-refractivity contribution in [1.82, 2.24) is 4.98 Å². The Kier molecular flexibility index (Phi) is 3.93. The van der Waals surface area contributed by atoms with Gasteiger partial charge >= 0.3 is 0 Å². The van der Waals surface area contributed by atoms with E-state index in [1.165, 1.54) is 11.1 Å². The van der Waals surface area contributed by atoms with E-state index >= 15 is 0 Å². The van der Waals surface area contributed by atoms with Crippen molar-refractivity contribution in [1.29, 1.82) is 0 Å². The molecule has 0 atom stereocenters. The number of para-hydroxylation sites is 1. The van der Waals surface area contributed by atoms with Gasteiger partial charge in [-0.25, -0.2) is 0 Å². The molecule has 0 saturated carbocycles. The lowest BCUT2D eigenvalue weighted by atomic mass is 10.1. The van der Waals surface area contributed by atoms with Gasteiger partial charge in [-0.3, -0.25) is 4.98 Å². The summed E-state index contributed by atoms with van der Waals surface area (Å²) in [6.07, 6.45) is 0. The minimum atomic E-state index is 0.811. The molecule has 3 aromatic rings. The minimum Gasteiger partial charge on any atom is -0.380 e. The molecule has 0 unspecified atom stereocenters. The molecular weight excluding hydrogens is 324 g/mol. The van der Waals surface area contributed by atoms with Crippen molar-refractivity contribution < 1.29 is 0 Å². The van der Waals surface area contributed by atoms with Gasteiger partial charge in [0.25, 0.3) is 0 Å². The highest BCUT2D eigenvalue weighted by Gasteiger charge is 2.06. The Hall–Kier alpha value is -1.87. The third-order valence-corrected chi connectivity index (χ3v) is 4.16. The number of hydrogen-bond acceptors (Lipinski definition) is 2. The number of hydrogen-bond donors (Lipinski definition) is 1.